The minimum absolute atomic E-state index is 0.107. The number of hydrogen-bond donors (Lipinski definition) is 1. The topological polar surface area (TPSA) is 51.5 Å². The Morgan fingerprint density at radius 3 is 2.54 bits per heavy atom. The molecule has 0 aliphatic rings. The van der Waals surface area contributed by atoms with Crippen molar-refractivity contribution in [1.82, 2.24) is 4.57 Å². The number of aromatic nitrogens is 1. The first kappa shape index (κ1) is 18.4. The van der Waals surface area contributed by atoms with E-state index in [1.165, 1.54) is 18.2 Å². The summed E-state index contributed by atoms with van der Waals surface area (Å²) in [4.78, 5) is 11.9. The smallest absolute Gasteiger partial charge is 0.250 e. The van der Waals surface area contributed by atoms with Gasteiger partial charge in [0.25, 0.3) is 5.56 Å². The average molecular weight is 418 g/mol. The second-order valence-corrected chi connectivity index (χ2v) is 6.55. The van der Waals surface area contributed by atoms with Gasteiger partial charge < -0.3 is 14.4 Å². The second kappa shape index (κ2) is 8.29. The molecule has 0 saturated heterocycles. The van der Waals surface area contributed by atoms with Crippen LogP contribution in [0.1, 0.15) is 16.7 Å². The average Bonchev–Trinajstić information content (AvgIpc) is 2.64. The van der Waals surface area contributed by atoms with Crippen molar-refractivity contribution in [3.05, 3.63) is 98.1 Å². The fourth-order valence-corrected chi connectivity index (χ4v) is 3.21. The maximum atomic E-state index is 13.0. The van der Waals surface area contributed by atoms with Gasteiger partial charge in [0.1, 0.15) is 18.2 Å². The van der Waals surface area contributed by atoms with Crippen molar-refractivity contribution in [1.29, 1.82) is 0 Å². The lowest BCUT2D eigenvalue weighted by Gasteiger charge is -2.15. The third kappa shape index (κ3) is 4.20. The predicted octanol–water partition coefficient (Wildman–Crippen LogP) is 3.87. The van der Waals surface area contributed by atoms with Crippen molar-refractivity contribution in [2.24, 2.45) is 0 Å². The molecule has 1 N–H and O–H groups in total. The number of benzene rings is 2. The van der Waals surface area contributed by atoms with E-state index >= 15 is 0 Å². The Morgan fingerprint density at radius 2 is 1.85 bits per heavy atom. The van der Waals surface area contributed by atoms with E-state index in [0.29, 0.717) is 22.3 Å². The zero-order chi connectivity index (χ0) is 18.5. The van der Waals surface area contributed by atoms with Gasteiger partial charge in [-0.2, -0.15) is 0 Å². The van der Waals surface area contributed by atoms with Gasteiger partial charge in [0.05, 0.1) is 17.6 Å². The van der Waals surface area contributed by atoms with Crippen molar-refractivity contribution in [3.63, 3.8) is 0 Å². The molecule has 0 spiro atoms. The van der Waals surface area contributed by atoms with Crippen LogP contribution in [0.15, 0.2) is 70.1 Å². The molecule has 3 aromatic rings. The first-order valence-corrected chi connectivity index (χ1v) is 8.81. The Bertz CT molecular complexity index is 954. The third-order valence-corrected chi connectivity index (χ3v) is 4.88. The number of pyridine rings is 1. The first-order chi connectivity index (χ1) is 12.6. The second-order valence-electron chi connectivity index (χ2n) is 5.76. The quantitative estimate of drug-likeness (QED) is 0.662. The van der Waals surface area contributed by atoms with Gasteiger partial charge in [0.2, 0.25) is 0 Å². The van der Waals surface area contributed by atoms with Crippen LogP contribution in [-0.4, -0.2) is 9.67 Å². The van der Waals surface area contributed by atoms with Gasteiger partial charge in [-0.05, 0) is 51.3 Å². The molecule has 2 aromatic carbocycles. The van der Waals surface area contributed by atoms with Gasteiger partial charge >= 0.3 is 0 Å². The standard InChI is InChI=1S/C20H17BrFNO3/c21-20-17(12-24)15(11-23-10-2-1-3-19(23)25)6-9-18(20)26-13-14-4-7-16(22)8-5-14/h1-10,24H,11-13H2. The fourth-order valence-electron chi connectivity index (χ4n) is 2.59. The van der Waals surface area contributed by atoms with E-state index in [9.17, 15) is 14.3 Å². The van der Waals surface area contributed by atoms with E-state index in [1.807, 2.05) is 6.07 Å². The van der Waals surface area contributed by atoms with Gasteiger partial charge in [0, 0.05) is 17.8 Å². The highest BCUT2D eigenvalue weighted by Gasteiger charge is 2.13. The molecular formula is C20H17BrFNO3. The van der Waals surface area contributed by atoms with Crippen LogP contribution in [-0.2, 0) is 19.8 Å². The molecule has 0 unspecified atom stereocenters. The van der Waals surface area contributed by atoms with Gasteiger partial charge in [-0.15, -0.1) is 0 Å². The molecule has 0 amide bonds. The number of aliphatic hydroxyl groups is 1. The summed E-state index contributed by atoms with van der Waals surface area (Å²) in [6.45, 7) is 0.443. The molecule has 0 aliphatic heterocycles. The third-order valence-electron chi connectivity index (χ3n) is 4.01. The fraction of sp³-hybridized carbons (Fsp3) is 0.150. The van der Waals surface area contributed by atoms with Crippen molar-refractivity contribution >= 4 is 15.9 Å². The van der Waals surface area contributed by atoms with E-state index in [0.717, 1.165) is 11.1 Å². The number of halogens is 2. The normalized spacial score (nSPS) is 10.7. The maximum absolute atomic E-state index is 13.0. The first-order valence-electron chi connectivity index (χ1n) is 8.02. The van der Waals surface area contributed by atoms with Gasteiger partial charge in [0.15, 0.2) is 0 Å². The molecule has 1 aromatic heterocycles. The van der Waals surface area contributed by atoms with Crippen molar-refractivity contribution in [2.45, 2.75) is 19.8 Å². The van der Waals surface area contributed by atoms with Crippen LogP contribution in [0.25, 0.3) is 0 Å². The summed E-state index contributed by atoms with van der Waals surface area (Å²) < 4.78 is 21.0. The summed E-state index contributed by atoms with van der Waals surface area (Å²) in [6.07, 6.45) is 1.70. The molecule has 0 fully saturated rings. The monoisotopic (exact) mass is 417 g/mol. The SMILES string of the molecule is O=c1ccccn1Cc1ccc(OCc2ccc(F)cc2)c(Br)c1CO. The van der Waals surface area contributed by atoms with Crippen LogP contribution < -0.4 is 10.3 Å². The molecular weight excluding hydrogens is 401 g/mol. The van der Waals surface area contributed by atoms with E-state index in [-0.39, 0.29) is 24.6 Å². The van der Waals surface area contributed by atoms with Crippen LogP contribution in [0.4, 0.5) is 4.39 Å². The van der Waals surface area contributed by atoms with Gasteiger partial charge in [-0.1, -0.05) is 24.3 Å². The summed E-state index contributed by atoms with van der Waals surface area (Å²) in [5.41, 5.74) is 2.21. The largest absolute Gasteiger partial charge is 0.488 e. The lowest BCUT2D eigenvalue weighted by Crippen LogP contribution is -2.19. The number of rotatable bonds is 6. The minimum Gasteiger partial charge on any atom is -0.488 e. The number of ether oxygens (including phenoxy) is 1. The van der Waals surface area contributed by atoms with E-state index in [2.05, 4.69) is 15.9 Å². The summed E-state index contributed by atoms with van der Waals surface area (Å²) in [5, 5.41) is 9.77. The highest BCUT2D eigenvalue weighted by Crippen LogP contribution is 2.32. The molecule has 4 nitrogen and oxygen atoms in total. The molecule has 134 valence electrons. The van der Waals surface area contributed by atoms with Gasteiger partial charge in [-0.25, -0.2) is 4.39 Å². The van der Waals surface area contributed by atoms with E-state index in [1.54, 1.807) is 41.1 Å². The molecule has 3 rings (SSSR count). The Morgan fingerprint density at radius 1 is 1.08 bits per heavy atom. The van der Waals surface area contributed by atoms with Crippen LogP contribution in [0, 0.1) is 5.82 Å². The Hall–Kier alpha value is -2.44. The van der Waals surface area contributed by atoms with Crippen molar-refractivity contribution in [3.8, 4) is 5.75 Å². The zero-order valence-corrected chi connectivity index (χ0v) is 15.4. The highest BCUT2D eigenvalue weighted by atomic mass is 79.9. The number of hydrogen-bond acceptors (Lipinski definition) is 3. The lowest BCUT2D eigenvalue weighted by atomic mass is 10.1. The van der Waals surface area contributed by atoms with Crippen molar-refractivity contribution in [2.75, 3.05) is 0 Å². The molecule has 26 heavy (non-hydrogen) atoms. The molecule has 0 atom stereocenters. The predicted molar refractivity (Wildman–Crippen MR) is 101 cm³/mol. The summed E-state index contributed by atoms with van der Waals surface area (Å²) in [5.74, 6) is 0.278. The Balaban J connectivity index is 1.82. The molecule has 0 radical (unpaired) electrons. The van der Waals surface area contributed by atoms with Crippen LogP contribution in [0.5, 0.6) is 5.75 Å². The van der Waals surface area contributed by atoms with Crippen LogP contribution in [0.3, 0.4) is 0 Å². The highest BCUT2D eigenvalue weighted by molar-refractivity contribution is 9.10. The molecule has 0 saturated carbocycles. The Kier molecular flexibility index (Phi) is 5.85. The van der Waals surface area contributed by atoms with Crippen LogP contribution in [0.2, 0.25) is 0 Å². The summed E-state index contributed by atoms with van der Waals surface area (Å²) in [7, 11) is 0. The van der Waals surface area contributed by atoms with Gasteiger partial charge in [-0.3, -0.25) is 4.79 Å². The zero-order valence-electron chi connectivity index (χ0n) is 13.9. The summed E-state index contributed by atoms with van der Waals surface area (Å²) >= 11 is 3.48. The molecule has 6 heteroatoms. The lowest BCUT2D eigenvalue weighted by molar-refractivity contribution is 0.274. The molecule has 0 bridgehead atoms. The number of nitrogens with zero attached hydrogens (tertiary/aromatic N) is 1. The van der Waals surface area contributed by atoms with E-state index in [4.69, 9.17) is 4.74 Å². The Labute approximate surface area is 158 Å². The van der Waals surface area contributed by atoms with Crippen LogP contribution >= 0.6 is 15.9 Å². The minimum atomic E-state index is -0.294. The molecule has 0 aliphatic carbocycles. The van der Waals surface area contributed by atoms with Crippen molar-refractivity contribution < 1.29 is 14.2 Å². The number of aliphatic hydroxyl groups excluding tert-OH is 1. The van der Waals surface area contributed by atoms with E-state index < -0.39 is 0 Å². The summed E-state index contributed by atoms with van der Waals surface area (Å²) in [6, 6.07) is 14.7. The molecule has 1 heterocycles. The maximum Gasteiger partial charge on any atom is 0.250 e.